The summed E-state index contributed by atoms with van der Waals surface area (Å²) < 4.78 is 5.36. The molecular formula is C23H15Cl2N3O2S. The molecule has 0 aliphatic carbocycles. The van der Waals surface area contributed by atoms with E-state index in [1.165, 1.54) is 11.3 Å². The highest BCUT2D eigenvalue weighted by molar-refractivity contribution is 7.14. The molecule has 0 aliphatic rings. The van der Waals surface area contributed by atoms with E-state index in [1.54, 1.807) is 54.7 Å². The van der Waals surface area contributed by atoms with Crippen molar-refractivity contribution >= 4 is 51.9 Å². The Morgan fingerprint density at radius 3 is 2.52 bits per heavy atom. The number of anilines is 1. The number of thiazole rings is 1. The Bertz CT molecular complexity index is 1220. The number of esters is 1. The number of hydrazone groups is 1. The van der Waals surface area contributed by atoms with Gasteiger partial charge in [0.15, 0.2) is 0 Å². The van der Waals surface area contributed by atoms with Gasteiger partial charge in [0.25, 0.3) is 0 Å². The van der Waals surface area contributed by atoms with Crippen LogP contribution < -0.4 is 10.2 Å². The number of carbonyl (C=O) groups is 1. The third-order valence-corrected chi connectivity index (χ3v) is 5.40. The van der Waals surface area contributed by atoms with Gasteiger partial charge in [-0.1, -0.05) is 41.4 Å². The summed E-state index contributed by atoms with van der Waals surface area (Å²) in [6.45, 7) is 0. The van der Waals surface area contributed by atoms with Crippen molar-refractivity contribution in [3.05, 3.63) is 99.3 Å². The molecule has 154 valence electrons. The van der Waals surface area contributed by atoms with E-state index in [1.807, 2.05) is 29.6 Å². The zero-order valence-corrected chi connectivity index (χ0v) is 18.3. The predicted molar refractivity (Wildman–Crippen MR) is 127 cm³/mol. The maximum Gasteiger partial charge on any atom is 0.343 e. The van der Waals surface area contributed by atoms with E-state index in [0.717, 1.165) is 16.8 Å². The number of carbonyl (C=O) groups excluding carboxylic acids is 1. The monoisotopic (exact) mass is 467 g/mol. The van der Waals surface area contributed by atoms with Crippen molar-refractivity contribution in [1.29, 1.82) is 0 Å². The van der Waals surface area contributed by atoms with Crippen molar-refractivity contribution in [1.82, 2.24) is 4.98 Å². The minimum absolute atomic E-state index is 0.392. The number of nitrogens with one attached hydrogen (secondary N) is 1. The van der Waals surface area contributed by atoms with Crippen LogP contribution in [0.3, 0.4) is 0 Å². The summed E-state index contributed by atoms with van der Waals surface area (Å²) in [6, 6.07) is 21.1. The van der Waals surface area contributed by atoms with E-state index in [-0.39, 0.29) is 0 Å². The molecule has 0 amide bonds. The van der Waals surface area contributed by atoms with Gasteiger partial charge in [-0.2, -0.15) is 5.10 Å². The predicted octanol–water partition coefficient (Wildman–Crippen LogP) is 6.78. The van der Waals surface area contributed by atoms with Crippen LogP contribution in [0.5, 0.6) is 5.75 Å². The van der Waals surface area contributed by atoms with Crippen LogP contribution in [-0.2, 0) is 0 Å². The van der Waals surface area contributed by atoms with Crippen molar-refractivity contribution in [2.75, 3.05) is 5.43 Å². The molecule has 0 unspecified atom stereocenters. The quantitative estimate of drug-likeness (QED) is 0.147. The first kappa shape index (κ1) is 21.1. The summed E-state index contributed by atoms with van der Waals surface area (Å²) in [7, 11) is 0. The van der Waals surface area contributed by atoms with Gasteiger partial charge in [0.1, 0.15) is 5.75 Å². The molecule has 0 aliphatic heterocycles. The van der Waals surface area contributed by atoms with Crippen molar-refractivity contribution in [2.45, 2.75) is 0 Å². The first-order valence-electron chi connectivity index (χ1n) is 9.15. The molecule has 0 saturated heterocycles. The lowest BCUT2D eigenvalue weighted by molar-refractivity contribution is 0.0735. The van der Waals surface area contributed by atoms with Crippen LogP contribution in [0.1, 0.15) is 15.9 Å². The second-order valence-electron chi connectivity index (χ2n) is 6.38. The highest BCUT2D eigenvalue weighted by atomic mass is 35.5. The molecule has 1 aromatic heterocycles. The first-order chi connectivity index (χ1) is 15.1. The number of hydrogen-bond acceptors (Lipinski definition) is 6. The molecule has 4 aromatic rings. The number of ether oxygens (including phenoxy) is 1. The summed E-state index contributed by atoms with van der Waals surface area (Å²) in [6.07, 6.45) is 1.66. The molecule has 0 fully saturated rings. The molecule has 0 atom stereocenters. The molecule has 1 N–H and O–H groups in total. The summed E-state index contributed by atoms with van der Waals surface area (Å²) >= 11 is 13.3. The largest absolute Gasteiger partial charge is 0.423 e. The highest BCUT2D eigenvalue weighted by Crippen LogP contribution is 2.26. The van der Waals surface area contributed by atoms with Gasteiger partial charge in [-0.3, -0.25) is 5.43 Å². The van der Waals surface area contributed by atoms with Crippen molar-refractivity contribution in [3.63, 3.8) is 0 Å². The molecule has 4 rings (SSSR count). The van der Waals surface area contributed by atoms with Crippen LogP contribution in [0.15, 0.2) is 83.3 Å². The average molecular weight is 468 g/mol. The van der Waals surface area contributed by atoms with Crippen molar-refractivity contribution < 1.29 is 9.53 Å². The van der Waals surface area contributed by atoms with Crippen molar-refractivity contribution in [3.8, 4) is 17.0 Å². The van der Waals surface area contributed by atoms with E-state index in [4.69, 9.17) is 27.9 Å². The van der Waals surface area contributed by atoms with Gasteiger partial charge in [0.05, 0.1) is 17.5 Å². The molecule has 0 saturated carbocycles. The lowest BCUT2D eigenvalue weighted by atomic mass is 10.2. The van der Waals surface area contributed by atoms with Gasteiger partial charge >= 0.3 is 5.97 Å². The van der Waals surface area contributed by atoms with Crippen LogP contribution >= 0.6 is 34.5 Å². The van der Waals surface area contributed by atoms with Crippen LogP contribution in [0.4, 0.5) is 5.13 Å². The fourth-order valence-corrected chi connectivity index (χ4v) is 3.63. The number of nitrogens with zero attached hydrogens (tertiary/aromatic N) is 2. The number of benzene rings is 3. The Kier molecular flexibility index (Phi) is 6.62. The number of hydrogen-bond donors (Lipinski definition) is 1. The smallest absolute Gasteiger partial charge is 0.343 e. The van der Waals surface area contributed by atoms with E-state index >= 15 is 0 Å². The maximum absolute atomic E-state index is 12.2. The van der Waals surface area contributed by atoms with E-state index in [0.29, 0.717) is 26.5 Å². The number of rotatable bonds is 6. The maximum atomic E-state index is 12.2. The van der Waals surface area contributed by atoms with E-state index in [9.17, 15) is 4.79 Å². The third kappa shape index (κ3) is 5.70. The van der Waals surface area contributed by atoms with Gasteiger partial charge in [-0.25, -0.2) is 9.78 Å². The second kappa shape index (κ2) is 9.75. The number of aromatic nitrogens is 1. The van der Waals surface area contributed by atoms with Crippen LogP contribution in [0, 0.1) is 0 Å². The summed E-state index contributed by atoms with van der Waals surface area (Å²) in [5.74, 6) is -0.0338. The molecular weight excluding hydrogens is 453 g/mol. The van der Waals surface area contributed by atoms with E-state index < -0.39 is 5.97 Å². The fourth-order valence-electron chi connectivity index (χ4n) is 2.64. The Balaban J connectivity index is 1.34. The van der Waals surface area contributed by atoms with Gasteiger partial charge in [0.2, 0.25) is 5.13 Å². The molecule has 0 radical (unpaired) electrons. The third-order valence-electron chi connectivity index (χ3n) is 4.17. The average Bonchev–Trinajstić information content (AvgIpc) is 3.24. The summed E-state index contributed by atoms with van der Waals surface area (Å²) in [4.78, 5) is 16.7. The first-order valence-corrected chi connectivity index (χ1v) is 10.8. The zero-order chi connectivity index (χ0) is 21.6. The SMILES string of the molecule is O=C(Oc1ccc(C=NNc2nc(-c3ccc(Cl)cc3)cs2)cc1)c1cccc(Cl)c1. The molecule has 5 nitrogen and oxygen atoms in total. The minimum atomic E-state index is -0.467. The lowest BCUT2D eigenvalue weighted by Crippen LogP contribution is -2.08. The highest BCUT2D eigenvalue weighted by Gasteiger charge is 2.09. The molecule has 3 aromatic carbocycles. The second-order valence-corrected chi connectivity index (χ2v) is 8.11. The van der Waals surface area contributed by atoms with Crippen LogP contribution in [0.25, 0.3) is 11.3 Å². The van der Waals surface area contributed by atoms with Gasteiger partial charge in [0, 0.05) is 21.0 Å². The van der Waals surface area contributed by atoms with E-state index in [2.05, 4.69) is 15.5 Å². The summed E-state index contributed by atoms with van der Waals surface area (Å²) in [5.41, 5.74) is 5.99. The van der Waals surface area contributed by atoms with Gasteiger partial charge in [-0.05, 0) is 60.2 Å². The molecule has 31 heavy (non-hydrogen) atoms. The Hall–Kier alpha value is -3.19. The van der Waals surface area contributed by atoms with Crippen LogP contribution in [-0.4, -0.2) is 17.2 Å². The zero-order valence-electron chi connectivity index (χ0n) is 16.0. The minimum Gasteiger partial charge on any atom is -0.423 e. The molecule has 0 spiro atoms. The molecule has 1 heterocycles. The standard InChI is InChI=1S/C23H15Cl2N3O2S/c24-18-8-6-16(7-9-18)21-14-31-23(27-21)28-26-13-15-4-10-20(11-5-15)30-22(29)17-2-1-3-19(25)12-17/h1-14H,(H,27,28). The summed E-state index contributed by atoms with van der Waals surface area (Å²) in [5, 5.41) is 8.00. The van der Waals surface area contributed by atoms with Crippen molar-refractivity contribution in [2.24, 2.45) is 5.10 Å². The Morgan fingerprint density at radius 1 is 1.00 bits per heavy atom. The van der Waals surface area contributed by atoms with Crippen LogP contribution in [0.2, 0.25) is 10.0 Å². The fraction of sp³-hybridized carbons (Fsp3) is 0. The Labute approximate surface area is 192 Å². The molecule has 8 heteroatoms. The normalized spacial score (nSPS) is 10.9. The molecule has 0 bridgehead atoms. The number of halogens is 2. The Morgan fingerprint density at radius 2 is 1.77 bits per heavy atom. The van der Waals surface area contributed by atoms with Gasteiger partial charge in [-0.15, -0.1) is 11.3 Å². The topological polar surface area (TPSA) is 63.6 Å². The lowest BCUT2D eigenvalue weighted by Gasteiger charge is -2.05. The van der Waals surface area contributed by atoms with Gasteiger partial charge < -0.3 is 4.74 Å².